The van der Waals surface area contributed by atoms with Crippen molar-refractivity contribution >= 4 is 28.2 Å². The second kappa shape index (κ2) is 5.85. The molecule has 0 spiro atoms. The third kappa shape index (κ3) is 3.43. The zero-order chi connectivity index (χ0) is 14.0. The number of aliphatic hydroxyl groups excluding tert-OH is 1. The molecule has 0 radical (unpaired) electrons. The van der Waals surface area contributed by atoms with E-state index in [1.807, 2.05) is 19.0 Å². The van der Waals surface area contributed by atoms with Crippen molar-refractivity contribution in [3.05, 3.63) is 29.6 Å². The Kier molecular flexibility index (Phi) is 4.38. The van der Waals surface area contributed by atoms with E-state index in [-0.39, 0.29) is 5.82 Å². The average molecular weight is 299 g/mol. The monoisotopic (exact) mass is 299 g/mol. The molecule has 1 unspecified atom stereocenters. The SMILES string of the molecule is CC(O)c1ccc(Sc2nnc(N(C)C)s2)c(F)c1. The lowest BCUT2D eigenvalue weighted by molar-refractivity contribution is 0.198. The standard InChI is InChI=1S/C12H14FN3OS2/c1-7(17)8-4-5-10(9(13)6-8)18-12-15-14-11(19-12)16(2)3/h4-7,17H,1-3H3. The van der Waals surface area contributed by atoms with Gasteiger partial charge in [0.15, 0.2) is 4.34 Å². The van der Waals surface area contributed by atoms with E-state index in [1.165, 1.54) is 29.2 Å². The van der Waals surface area contributed by atoms with Crippen LogP contribution in [-0.4, -0.2) is 29.4 Å². The Balaban J connectivity index is 2.18. The van der Waals surface area contributed by atoms with Gasteiger partial charge in [0.1, 0.15) is 5.82 Å². The average Bonchev–Trinajstić information content (AvgIpc) is 2.80. The highest BCUT2D eigenvalue weighted by molar-refractivity contribution is 8.01. The number of hydrogen-bond donors (Lipinski definition) is 1. The summed E-state index contributed by atoms with van der Waals surface area (Å²) in [6.45, 7) is 1.61. The zero-order valence-electron chi connectivity index (χ0n) is 10.8. The molecule has 0 saturated heterocycles. The van der Waals surface area contributed by atoms with Gasteiger partial charge in [0.05, 0.1) is 11.0 Å². The van der Waals surface area contributed by atoms with Crippen molar-refractivity contribution in [2.45, 2.75) is 22.3 Å². The first-order valence-corrected chi connectivity index (χ1v) is 7.27. The van der Waals surface area contributed by atoms with Gasteiger partial charge in [-0.2, -0.15) is 0 Å². The van der Waals surface area contributed by atoms with Gasteiger partial charge in [-0.3, -0.25) is 0 Å². The topological polar surface area (TPSA) is 49.3 Å². The van der Waals surface area contributed by atoms with Gasteiger partial charge < -0.3 is 10.0 Å². The molecule has 1 heterocycles. The Morgan fingerprint density at radius 2 is 2.11 bits per heavy atom. The number of benzene rings is 1. The molecule has 2 aromatic rings. The fraction of sp³-hybridized carbons (Fsp3) is 0.333. The van der Waals surface area contributed by atoms with Crippen LogP contribution in [0.1, 0.15) is 18.6 Å². The van der Waals surface area contributed by atoms with Gasteiger partial charge in [-0.1, -0.05) is 29.2 Å². The van der Waals surface area contributed by atoms with Gasteiger partial charge in [-0.25, -0.2) is 4.39 Å². The quantitative estimate of drug-likeness (QED) is 0.940. The van der Waals surface area contributed by atoms with Crippen molar-refractivity contribution in [2.24, 2.45) is 0 Å². The van der Waals surface area contributed by atoms with E-state index in [0.29, 0.717) is 14.8 Å². The molecule has 2 rings (SSSR count). The van der Waals surface area contributed by atoms with Gasteiger partial charge in [-0.15, -0.1) is 10.2 Å². The molecular weight excluding hydrogens is 285 g/mol. The first-order chi connectivity index (χ1) is 8.97. The van der Waals surface area contributed by atoms with Crippen molar-refractivity contribution in [3.8, 4) is 0 Å². The maximum Gasteiger partial charge on any atom is 0.208 e. The van der Waals surface area contributed by atoms with Gasteiger partial charge in [-0.05, 0) is 24.6 Å². The number of nitrogens with zero attached hydrogens (tertiary/aromatic N) is 3. The van der Waals surface area contributed by atoms with E-state index in [9.17, 15) is 9.50 Å². The highest BCUT2D eigenvalue weighted by Gasteiger charge is 2.12. The molecule has 0 aliphatic rings. The summed E-state index contributed by atoms with van der Waals surface area (Å²) in [6.07, 6.45) is -0.671. The number of hydrogen-bond acceptors (Lipinski definition) is 6. The third-order valence-electron chi connectivity index (χ3n) is 2.41. The smallest absolute Gasteiger partial charge is 0.208 e. The fourth-order valence-corrected chi connectivity index (χ4v) is 3.10. The number of aromatic nitrogens is 2. The second-order valence-electron chi connectivity index (χ2n) is 4.21. The van der Waals surface area contributed by atoms with E-state index in [1.54, 1.807) is 19.1 Å². The molecule has 1 aromatic carbocycles. The summed E-state index contributed by atoms with van der Waals surface area (Å²) in [4.78, 5) is 2.33. The maximum atomic E-state index is 13.9. The highest BCUT2D eigenvalue weighted by atomic mass is 32.2. The summed E-state index contributed by atoms with van der Waals surface area (Å²) in [6, 6.07) is 4.71. The molecule has 1 aromatic heterocycles. The lowest BCUT2D eigenvalue weighted by atomic mass is 10.1. The molecule has 0 amide bonds. The molecule has 102 valence electrons. The van der Waals surface area contributed by atoms with Crippen LogP contribution >= 0.6 is 23.1 Å². The molecule has 0 bridgehead atoms. The molecule has 0 aliphatic heterocycles. The molecule has 0 aliphatic carbocycles. The molecule has 7 heteroatoms. The van der Waals surface area contributed by atoms with Crippen molar-refractivity contribution in [1.29, 1.82) is 0 Å². The molecular formula is C12H14FN3OS2. The first-order valence-electron chi connectivity index (χ1n) is 5.63. The van der Waals surface area contributed by atoms with E-state index >= 15 is 0 Å². The predicted octanol–water partition coefficient (Wildman–Crippen LogP) is 2.95. The van der Waals surface area contributed by atoms with E-state index in [0.717, 1.165) is 5.13 Å². The Bertz CT molecular complexity index is 572. The molecule has 0 saturated carbocycles. The second-order valence-corrected chi connectivity index (χ2v) is 6.46. The minimum atomic E-state index is -0.671. The number of aliphatic hydroxyl groups is 1. The highest BCUT2D eigenvalue weighted by Crippen LogP contribution is 2.34. The normalized spacial score (nSPS) is 12.5. The van der Waals surface area contributed by atoms with Crippen LogP contribution in [0.3, 0.4) is 0 Å². The van der Waals surface area contributed by atoms with Crippen molar-refractivity contribution < 1.29 is 9.50 Å². The molecule has 1 N–H and O–H groups in total. The summed E-state index contributed by atoms with van der Waals surface area (Å²) in [5.74, 6) is -0.356. The van der Waals surface area contributed by atoms with Crippen LogP contribution in [0.5, 0.6) is 0 Å². The van der Waals surface area contributed by atoms with Gasteiger partial charge in [0.25, 0.3) is 0 Å². The van der Waals surface area contributed by atoms with Crippen molar-refractivity contribution in [1.82, 2.24) is 10.2 Å². The van der Waals surface area contributed by atoms with Gasteiger partial charge >= 0.3 is 0 Å². The minimum absolute atomic E-state index is 0.356. The maximum absolute atomic E-state index is 13.9. The number of halogens is 1. The molecule has 4 nitrogen and oxygen atoms in total. The lowest BCUT2D eigenvalue weighted by Gasteiger charge is -2.06. The van der Waals surface area contributed by atoms with Crippen LogP contribution < -0.4 is 4.90 Å². The van der Waals surface area contributed by atoms with Crippen LogP contribution in [0.4, 0.5) is 9.52 Å². The minimum Gasteiger partial charge on any atom is -0.389 e. The van der Waals surface area contributed by atoms with Crippen LogP contribution in [0.15, 0.2) is 27.4 Å². The summed E-state index contributed by atoms with van der Waals surface area (Å²) < 4.78 is 14.6. The van der Waals surface area contributed by atoms with E-state index in [2.05, 4.69) is 10.2 Å². The van der Waals surface area contributed by atoms with Crippen molar-refractivity contribution in [2.75, 3.05) is 19.0 Å². The Morgan fingerprint density at radius 3 is 2.63 bits per heavy atom. The van der Waals surface area contributed by atoms with Crippen molar-refractivity contribution in [3.63, 3.8) is 0 Å². The van der Waals surface area contributed by atoms with E-state index < -0.39 is 6.10 Å². The predicted molar refractivity (Wildman–Crippen MR) is 75.4 cm³/mol. The Labute approximate surface area is 119 Å². The van der Waals surface area contributed by atoms with Crippen LogP contribution in [-0.2, 0) is 0 Å². The summed E-state index contributed by atoms with van der Waals surface area (Å²) in [5.41, 5.74) is 0.563. The van der Waals surface area contributed by atoms with Gasteiger partial charge in [0, 0.05) is 14.1 Å². The van der Waals surface area contributed by atoms with Crippen LogP contribution in [0.2, 0.25) is 0 Å². The first kappa shape index (κ1) is 14.2. The van der Waals surface area contributed by atoms with E-state index in [4.69, 9.17) is 0 Å². The Morgan fingerprint density at radius 1 is 1.37 bits per heavy atom. The third-order valence-corrected chi connectivity index (χ3v) is 4.61. The number of rotatable bonds is 4. The molecule has 0 fully saturated rings. The summed E-state index contributed by atoms with van der Waals surface area (Å²) >= 11 is 2.64. The van der Waals surface area contributed by atoms with Crippen LogP contribution in [0.25, 0.3) is 0 Å². The number of anilines is 1. The largest absolute Gasteiger partial charge is 0.389 e. The summed E-state index contributed by atoms with van der Waals surface area (Å²) in [5, 5.41) is 18.2. The Hall–Kier alpha value is -1.18. The van der Waals surface area contributed by atoms with Crippen LogP contribution in [0, 0.1) is 5.82 Å². The lowest BCUT2D eigenvalue weighted by Crippen LogP contribution is -2.07. The fourth-order valence-electron chi connectivity index (χ4n) is 1.38. The summed E-state index contributed by atoms with van der Waals surface area (Å²) in [7, 11) is 3.76. The molecule has 19 heavy (non-hydrogen) atoms. The zero-order valence-corrected chi connectivity index (χ0v) is 12.4. The van der Waals surface area contributed by atoms with Gasteiger partial charge in [0.2, 0.25) is 5.13 Å². The molecule has 1 atom stereocenters.